The lowest BCUT2D eigenvalue weighted by Crippen LogP contribution is -1.79. The van der Waals surface area contributed by atoms with E-state index in [0.717, 1.165) is 11.1 Å². The number of nitrogens with one attached hydrogen (secondary N) is 1. The van der Waals surface area contributed by atoms with Gasteiger partial charge in [-0.3, -0.25) is 0 Å². The molecule has 1 aromatic carbocycles. The van der Waals surface area contributed by atoms with Crippen molar-refractivity contribution in [2.45, 2.75) is 0 Å². The summed E-state index contributed by atoms with van der Waals surface area (Å²) in [4.78, 5) is 2.96. The molecule has 2 heteroatoms. The summed E-state index contributed by atoms with van der Waals surface area (Å²) in [7, 11) is 0. The van der Waals surface area contributed by atoms with Crippen LogP contribution in [0.25, 0.3) is 11.6 Å². The lowest BCUT2D eigenvalue weighted by atomic mass is 10.1. The number of hydrogen-bond acceptors (Lipinski definition) is 1. The second-order valence-corrected chi connectivity index (χ2v) is 3.18. The van der Waals surface area contributed by atoms with Crippen molar-refractivity contribution in [3.8, 4) is 6.07 Å². The Bertz CT molecular complexity index is 487. The molecule has 0 aliphatic heterocycles. The number of allylic oxidation sites excluding steroid dienone is 1. The molecule has 0 aliphatic carbocycles. The van der Waals surface area contributed by atoms with E-state index in [2.05, 4.69) is 11.1 Å². The molecular formula is C13H10N2. The van der Waals surface area contributed by atoms with Gasteiger partial charge in [-0.2, -0.15) is 5.26 Å². The normalized spacial score (nSPS) is 11.0. The smallest absolute Gasteiger partial charge is 0.0998 e. The molecule has 0 fully saturated rings. The van der Waals surface area contributed by atoms with E-state index in [-0.39, 0.29) is 0 Å². The molecule has 0 spiro atoms. The van der Waals surface area contributed by atoms with Gasteiger partial charge in [0.25, 0.3) is 0 Å². The van der Waals surface area contributed by atoms with Crippen LogP contribution in [0.2, 0.25) is 0 Å². The molecule has 1 N–H and O–H groups in total. The topological polar surface area (TPSA) is 39.6 Å². The van der Waals surface area contributed by atoms with Gasteiger partial charge in [0.1, 0.15) is 0 Å². The van der Waals surface area contributed by atoms with Crippen molar-refractivity contribution in [2.24, 2.45) is 0 Å². The number of nitrogens with zero attached hydrogens (tertiary/aromatic N) is 1. The molecule has 0 unspecified atom stereocenters. The summed E-state index contributed by atoms with van der Waals surface area (Å²) in [5, 5.41) is 9.05. The first-order valence-electron chi connectivity index (χ1n) is 4.70. The van der Waals surface area contributed by atoms with Crippen LogP contribution < -0.4 is 0 Å². The zero-order valence-corrected chi connectivity index (χ0v) is 8.14. The van der Waals surface area contributed by atoms with Gasteiger partial charge in [-0.05, 0) is 23.3 Å². The lowest BCUT2D eigenvalue weighted by Gasteiger charge is -1.96. The fourth-order valence-electron chi connectivity index (χ4n) is 1.39. The number of aromatic nitrogens is 1. The summed E-state index contributed by atoms with van der Waals surface area (Å²) in [5.74, 6) is 0. The van der Waals surface area contributed by atoms with Gasteiger partial charge in [0, 0.05) is 12.4 Å². The molecule has 0 saturated heterocycles. The maximum Gasteiger partial charge on any atom is 0.0998 e. The van der Waals surface area contributed by atoms with Crippen LogP contribution in [0, 0.1) is 11.3 Å². The molecule has 0 saturated carbocycles. The molecular weight excluding hydrogens is 184 g/mol. The number of nitriles is 1. The fourth-order valence-corrected chi connectivity index (χ4v) is 1.39. The second-order valence-electron chi connectivity index (χ2n) is 3.18. The van der Waals surface area contributed by atoms with Crippen LogP contribution >= 0.6 is 0 Å². The van der Waals surface area contributed by atoms with Gasteiger partial charge >= 0.3 is 0 Å². The van der Waals surface area contributed by atoms with Crippen LogP contribution in [0.3, 0.4) is 0 Å². The molecule has 1 aromatic heterocycles. The van der Waals surface area contributed by atoms with Gasteiger partial charge < -0.3 is 4.98 Å². The zero-order valence-electron chi connectivity index (χ0n) is 8.14. The Hall–Kier alpha value is -2.27. The number of benzene rings is 1. The summed E-state index contributed by atoms with van der Waals surface area (Å²) in [6, 6.07) is 13.8. The molecule has 0 radical (unpaired) electrons. The Morgan fingerprint density at radius 1 is 1.20 bits per heavy atom. The van der Waals surface area contributed by atoms with E-state index in [1.165, 1.54) is 0 Å². The first-order chi connectivity index (χ1) is 7.40. The number of aromatic amines is 1. The molecule has 72 valence electrons. The van der Waals surface area contributed by atoms with Crippen molar-refractivity contribution in [3.63, 3.8) is 0 Å². The summed E-state index contributed by atoms with van der Waals surface area (Å²) >= 11 is 0. The minimum Gasteiger partial charge on any atom is -0.367 e. The molecule has 1 heterocycles. The summed E-state index contributed by atoms with van der Waals surface area (Å²) < 4.78 is 0. The van der Waals surface area contributed by atoms with Gasteiger partial charge in [-0.1, -0.05) is 30.3 Å². The fraction of sp³-hybridized carbons (Fsp3) is 0. The highest BCUT2D eigenvalue weighted by Crippen LogP contribution is 2.16. The monoisotopic (exact) mass is 194 g/mol. The average molecular weight is 194 g/mol. The maximum absolute atomic E-state index is 9.05. The Morgan fingerprint density at radius 3 is 2.60 bits per heavy atom. The summed E-state index contributed by atoms with van der Waals surface area (Å²) in [6.07, 6.45) is 5.57. The van der Waals surface area contributed by atoms with Crippen molar-refractivity contribution in [3.05, 3.63) is 59.9 Å². The number of H-pyrrole nitrogens is 1. The third-order valence-corrected chi connectivity index (χ3v) is 2.14. The van der Waals surface area contributed by atoms with Crippen LogP contribution in [-0.4, -0.2) is 4.98 Å². The van der Waals surface area contributed by atoms with Crippen LogP contribution in [0.5, 0.6) is 0 Å². The molecule has 15 heavy (non-hydrogen) atoms. The van der Waals surface area contributed by atoms with Crippen molar-refractivity contribution in [1.82, 2.24) is 4.98 Å². The summed E-state index contributed by atoms with van der Waals surface area (Å²) in [6.45, 7) is 0. The molecule has 0 atom stereocenters. The van der Waals surface area contributed by atoms with Crippen molar-refractivity contribution >= 4 is 11.6 Å². The van der Waals surface area contributed by atoms with Gasteiger partial charge in [0.2, 0.25) is 0 Å². The first kappa shape index (κ1) is 9.29. The van der Waals surface area contributed by atoms with Crippen molar-refractivity contribution < 1.29 is 0 Å². The first-order valence-corrected chi connectivity index (χ1v) is 4.70. The van der Waals surface area contributed by atoms with Gasteiger partial charge in [0.05, 0.1) is 11.6 Å². The lowest BCUT2D eigenvalue weighted by molar-refractivity contribution is 1.41. The van der Waals surface area contributed by atoms with E-state index in [1.807, 2.05) is 54.9 Å². The third-order valence-electron chi connectivity index (χ3n) is 2.14. The van der Waals surface area contributed by atoms with Gasteiger partial charge in [0.15, 0.2) is 0 Å². The van der Waals surface area contributed by atoms with E-state index < -0.39 is 0 Å². The van der Waals surface area contributed by atoms with Crippen LogP contribution in [-0.2, 0) is 0 Å². The Kier molecular flexibility index (Phi) is 2.66. The van der Waals surface area contributed by atoms with E-state index in [1.54, 1.807) is 0 Å². The van der Waals surface area contributed by atoms with E-state index in [0.29, 0.717) is 5.57 Å². The molecule has 0 aliphatic rings. The molecule has 0 bridgehead atoms. The summed E-state index contributed by atoms with van der Waals surface area (Å²) in [5.41, 5.74) is 2.63. The van der Waals surface area contributed by atoms with Gasteiger partial charge in [-0.25, -0.2) is 0 Å². The average Bonchev–Trinajstić information content (AvgIpc) is 2.80. The highest BCUT2D eigenvalue weighted by molar-refractivity contribution is 5.89. The van der Waals surface area contributed by atoms with Crippen molar-refractivity contribution in [1.29, 1.82) is 5.26 Å². The predicted molar refractivity (Wildman–Crippen MR) is 60.7 cm³/mol. The SMILES string of the molecule is N#C/C(=C/c1cc[nH]c1)c1ccccc1. The van der Waals surface area contributed by atoms with Crippen LogP contribution in [0.1, 0.15) is 11.1 Å². The predicted octanol–water partition coefficient (Wildman–Crippen LogP) is 3.08. The Balaban J connectivity index is 2.38. The molecule has 0 amide bonds. The zero-order chi connectivity index (χ0) is 10.5. The number of rotatable bonds is 2. The largest absolute Gasteiger partial charge is 0.367 e. The van der Waals surface area contributed by atoms with Crippen molar-refractivity contribution in [2.75, 3.05) is 0 Å². The minimum atomic E-state index is 0.676. The Labute approximate surface area is 88.5 Å². The van der Waals surface area contributed by atoms with E-state index in [9.17, 15) is 0 Å². The van der Waals surface area contributed by atoms with Gasteiger partial charge in [-0.15, -0.1) is 0 Å². The number of hydrogen-bond donors (Lipinski definition) is 1. The quantitative estimate of drug-likeness (QED) is 0.733. The highest BCUT2D eigenvalue weighted by atomic mass is 14.6. The van der Waals surface area contributed by atoms with Crippen LogP contribution in [0.4, 0.5) is 0 Å². The molecule has 2 aromatic rings. The highest BCUT2D eigenvalue weighted by Gasteiger charge is 1.99. The minimum absolute atomic E-state index is 0.676. The van der Waals surface area contributed by atoms with Crippen LogP contribution in [0.15, 0.2) is 48.8 Å². The Morgan fingerprint density at radius 2 is 2.00 bits per heavy atom. The second kappa shape index (κ2) is 4.30. The molecule has 2 nitrogen and oxygen atoms in total. The standard InChI is InChI=1S/C13H10N2/c14-9-13(8-11-6-7-15-10-11)12-4-2-1-3-5-12/h1-8,10,15H/b13-8-. The maximum atomic E-state index is 9.05. The van der Waals surface area contributed by atoms with E-state index >= 15 is 0 Å². The molecule has 2 rings (SSSR count). The third kappa shape index (κ3) is 2.15. The van der Waals surface area contributed by atoms with E-state index in [4.69, 9.17) is 5.26 Å².